The standard InChI is InChI=1S/C25H34N2O3/c1-17-7-6-8-18-15-21-22(23(28)25(17,18)2)20(24(29)30-21)16-26-11-13-27(14-12-26)19-9-4-3-5-10-19/h3-5,8-10,17,20-23,28H,6-7,11-16H2,1-2H3/t17-,20+,21-,22-,23-,25-/m1/s1. The lowest BCUT2D eigenvalue weighted by Gasteiger charge is -2.52. The normalized spacial score (nSPS) is 39.2. The maximum absolute atomic E-state index is 12.8. The Morgan fingerprint density at radius 2 is 1.90 bits per heavy atom. The Morgan fingerprint density at radius 3 is 2.63 bits per heavy atom. The summed E-state index contributed by atoms with van der Waals surface area (Å²) in [7, 11) is 0. The monoisotopic (exact) mass is 410 g/mol. The van der Waals surface area contributed by atoms with E-state index in [4.69, 9.17) is 4.74 Å². The molecule has 162 valence electrons. The lowest BCUT2D eigenvalue weighted by Crippen LogP contribution is -2.55. The first kappa shape index (κ1) is 20.1. The summed E-state index contributed by atoms with van der Waals surface area (Å²) in [5.41, 5.74) is 2.34. The summed E-state index contributed by atoms with van der Waals surface area (Å²) < 4.78 is 5.83. The second-order valence-corrected chi connectivity index (χ2v) is 9.92. The van der Waals surface area contributed by atoms with Gasteiger partial charge in [-0.3, -0.25) is 9.69 Å². The summed E-state index contributed by atoms with van der Waals surface area (Å²) in [5.74, 6) is 0.0115. The van der Waals surface area contributed by atoms with Crippen molar-refractivity contribution in [1.29, 1.82) is 0 Å². The average Bonchev–Trinajstić information content (AvgIpc) is 3.07. The second-order valence-electron chi connectivity index (χ2n) is 9.92. The largest absolute Gasteiger partial charge is 0.461 e. The lowest BCUT2D eigenvalue weighted by molar-refractivity contribution is -0.145. The van der Waals surface area contributed by atoms with E-state index < -0.39 is 6.10 Å². The van der Waals surface area contributed by atoms with E-state index in [1.807, 2.05) is 6.07 Å². The Morgan fingerprint density at radius 1 is 1.17 bits per heavy atom. The van der Waals surface area contributed by atoms with Gasteiger partial charge in [0.2, 0.25) is 0 Å². The number of carbonyl (C=O) groups is 1. The van der Waals surface area contributed by atoms with Crippen molar-refractivity contribution in [3.8, 4) is 0 Å². The number of benzene rings is 1. The molecule has 0 bridgehead atoms. The zero-order valence-electron chi connectivity index (χ0n) is 18.2. The summed E-state index contributed by atoms with van der Waals surface area (Å²) in [6.07, 6.45) is 4.59. The molecular formula is C25H34N2O3. The van der Waals surface area contributed by atoms with Gasteiger partial charge < -0.3 is 14.7 Å². The van der Waals surface area contributed by atoms with Crippen LogP contribution in [0.4, 0.5) is 5.69 Å². The van der Waals surface area contributed by atoms with Crippen LogP contribution in [-0.2, 0) is 9.53 Å². The van der Waals surface area contributed by atoms with Crippen LogP contribution in [0.5, 0.6) is 0 Å². The van der Waals surface area contributed by atoms with E-state index in [2.05, 4.69) is 54.0 Å². The van der Waals surface area contributed by atoms with Gasteiger partial charge in [0.25, 0.3) is 0 Å². The Kier molecular flexibility index (Phi) is 5.14. The molecule has 0 unspecified atom stereocenters. The number of allylic oxidation sites excluding steroid dienone is 1. The highest BCUT2D eigenvalue weighted by Gasteiger charge is 2.59. The van der Waals surface area contributed by atoms with Crippen molar-refractivity contribution >= 4 is 11.7 Å². The van der Waals surface area contributed by atoms with Gasteiger partial charge in [0, 0.05) is 56.2 Å². The van der Waals surface area contributed by atoms with Gasteiger partial charge in [-0.25, -0.2) is 0 Å². The molecule has 5 nitrogen and oxygen atoms in total. The van der Waals surface area contributed by atoms with Gasteiger partial charge >= 0.3 is 5.97 Å². The number of ether oxygens (including phenoxy) is 1. The summed E-state index contributed by atoms with van der Waals surface area (Å²) in [5, 5.41) is 11.5. The van der Waals surface area contributed by atoms with Crippen LogP contribution >= 0.6 is 0 Å². The van der Waals surface area contributed by atoms with E-state index in [0.29, 0.717) is 12.5 Å². The van der Waals surface area contributed by atoms with Gasteiger partial charge in [0.1, 0.15) is 6.10 Å². The molecule has 5 heteroatoms. The number of rotatable bonds is 3. The van der Waals surface area contributed by atoms with Crippen LogP contribution in [-0.4, -0.2) is 60.9 Å². The summed E-state index contributed by atoms with van der Waals surface area (Å²) in [6, 6.07) is 10.5. The molecule has 0 spiro atoms. The van der Waals surface area contributed by atoms with Gasteiger partial charge in [-0.15, -0.1) is 0 Å². The quantitative estimate of drug-likeness (QED) is 0.613. The van der Waals surface area contributed by atoms with E-state index in [0.717, 1.165) is 45.4 Å². The third kappa shape index (κ3) is 3.18. The van der Waals surface area contributed by atoms with Crippen LogP contribution in [0.3, 0.4) is 0 Å². The third-order valence-corrected chi connectivity index (χ3v) is 8.52. The molecule has 4 aliphatic rings. The summed E-state index contributed by atoms with van der Waals surface area (Å²) in [4.78, 5) is 17.6. The van der Waals surface area contributed by atoms with Gasteiger partial charge in [0.05, 0.1) is 12.0 Å². The number of esters is 1. The Labute approximate surface area is 179 Å². The third-order valence-electron chi connectivity index (χ3n) is 8.52. The van der Waals surface area contributed by atoms with Crippen molar-refractivity contribution in [3.63, 3.8) is 0 Å². The SMILES string of the molecule is C[C@@H]1CCC=C2C[C@H]3OC(=O)[C@@H](CN4CCN(c5ccccc5)CC4)[C@H]3[C@@H](O)[C@@]21C. The molecular weight excluding hydrogens is 376 g/mol. The van der Waals surface area contributed by atoms with Crippen molar-refractivity contribution in [2.45, 2.75) is 45.3 Å². The molecule has 30 heavy (non-hydrogen) atoms. The fraction of sp³-hybridized carbons (Fsp3) is 0.640. The highest BCUT2D eigenvalue weighted by atomic mass is 16.6. The van der Waals surface area contributed by atoms with Crippen molar-refractivity contribution in [2.24, 2.45) is 23.2 Å². The Bertz CT molecular complexity index is 817. The molecule has 2 saturated heterocycles. The summed E-state index contributed by atoms with van der Waals surface area (Å²) in [6.45, 7) is 8.96. The Hall–Kier alpha value is -1.85. The molecule has 2 aliphatic carbocycles. The first-order valence-electron chi connectivity index (χ1n) is 11.6. The predicted octanol–water partition coefficient (Wildman–Crippen LogP) is 3.09. The molecule has 0 aromatic heterocycles. The zero-order valence-corrected chi connectivity index (χ0v) is 18.2. The summed E-state index contributed by atoms with van der Waals surface area (Å²) >= 11 is 0. The first-order chi connectivity index (χ1) is 14.5. The average molecular weight is 411 g/mol. The van der Waals surface area contributed by atoms with Gasteiger partial charge in [-0.1, -0.05) is 43.7 Å². The van der Waals surface area contributed by atoms with Crippen molar-refractivity contribution in [2.75, 3.05) is 37.6 Å². The number of nitrogens with zero attached hydrogens (tertiary/aromatic N) is 2. The van der Waals surface area contributed by atoms with Crippen molar-refractivity contribution in [1.82, 2.24) is 4.90 Å². The van der Waals surface area contributed by atoms with Crippen LogP contribution in [0.1, 0.15) is 33.1 Å². The first-order valence-corrected chi connectivity index (χ1v) is 11.6. The molecule has 0 amide bonds. The molecule has 6 atom stereocenters. The molecule has 1 saturated carbocycles. The number of anilines is 1. The number of piperazine rings is 1. The Balaban J connectivity index is 1.28. The van der Waals surface area contributed by atoms with E-state index in [9.17, 15) is 9.90 Å². The van der Waals surface area contributed by atoms with Crippen LogP contribution < -0.4 is 4.90 Å². The van der Waals surface area contributed by atoms with Crippen LogP contribution in [0.25, 0.3) is 0 Å². The van der Waals surface area contributed by atoms with Crippen molar-refractivity contribution in [3.05, 3.63) is 42.0 Å². The minimum absolute atomic E-state index is 0.0904. The minimum Gasteiger partial charge on any atom is -0.461 e. The van der Waals surface area contributed by atoms with E-state index in [-0.39, 0.29) is 29.3 Å². The fourth-order valence-electron chi connectivity index (χ4n) is 6.38. The molecule has 0 radical (unpaired) electrons. The number of fused-ring (bicyclic) bond motifs is 2. The molecule has 1 aromatic rings. The highest BCUT2D eigenvalue weighted by Crippen LogP contribution is 2.56. The van der Waals surface area contributed by atoms with E-state index in [1.54, 1.807) is 0 Å². The number of hydrogen-bond acceptors (Lipinski definition) is 5. The smallest absolute Gasteiger partial charge is 0.311 e. The molecule has 2 heterocycles. The number of hydrogen-bond donors (Lipinski definition) is 1. The second kappa shape index (κ2) is 7.69. The van der Waals surface area contributed by atoms with Gasteiger partial charge in [0.15, 0.2) is 0 Å². The highest BCUT2D eigenvalue weighted by molar-refractivity contribution is 5.76. The molecule has 3 fully saturated rings. The number of carbonyl (C=O) groups excluding carboxylic acids is 1. The number of para-hydroxylation sites is 1. The predicted molar refractivity (Wildman–Crippen MR) is 117 cm³/mol. The minimum atomic E-state index is -0.514. The van der Waals surface area contributed by atoms with Gasteiger partial charge in [-0.05, 0) is 30.9 Å². The van der Waals surface area contributed by atoms with Crippen LogP contribution in [0.15, 0.2) is 42.0 Å². The molecule has 5 rings (SSSR count). The van der Waals surface area contributed by atoms with Crippen LogP contribution in [0.2, 0.25) is 0 Å². The van der Waals surface area contributed by atoms with Crippen molar-refractivity contribution < 1.29 is 14.6 Å². The lowest BCUT2D eigenvalue weighted by atomic mass is 9.55. The molecule has 1 aromatic carbocycles. The molecule has 1 N–H and O–H groups in total. The molecule has 2 aliphatic heterocycles. The van der Waals surface area contributed by atoms with Crippen LogP contribution in [0, 0.1) is 23.2 Å². The fourth-order valence-corrected chi connectivity index (χ4v) is 6.38. The number of aliphatic hydroxyl groups is 1. The zero-order chi connectivity index (χ0) is 20.9. The van der Waals surface area contributed by atoms with Gasteiger partial charge in [-0.2, -0.15) is 0 Å². The van der Waals surface area contributed by atoms with E-state index >= 15 is 0 Å². The maximum atomic E-state index is 12.8. The maximum Gasteiger partial charge on any atom is 0.311 e. The number of aliphatic hydroxyl groups excluding tert-OH is 1. The van der Waals surface area contributed by atoms with E-state index in [1.165, 1.54) is 11.3 Å². The topological polar surface area (TPSA) is 53.0 Å².